The normalized spacial score (nSPS) is 30.1. The summed E-state index contributed by atoms with van der Waals surface area (Å²) in [5.74, 6) is -2.58. The average molecular weight is 558 g/mol. The van der Waals surface area contributed by atoms with Gasteiger partial charge in [-0.1, -0.05) is 72.0 Å². The molecule has 6 atom stereocenters. The first kappa shape index (κ1) is 25.0. The Labute approximate surface area is 234 Å². The van der Waals surface area contributed by atoms with E-state index in [-0.39, 0.29) is 36.9 Å². The molecule has 0 saturated carbocycles. The Morgan fingerprint density at radius 2 is 1.85 bits per heavy atom. The summed E-state index contributed by atoms with van der Waals surface area (Å²) in [7, 11) is 0. The summed E-state index contributed by atoms with van der Waals surface area (Å²) in [4.78, 5) is 45.4. The van der Waals surface area contributed by atoms with Gasteiger partial charge >= 0.3 is 5.97 Å². The lowest BCUT2D eigenvalue weighted by Crippen LogP contribution is -2.54. The van der Waals surface area contributed by atoms with Crippen molar-refractivity contribution in [2.24, 2.45) is 11.8 Å². The van der Waals surface area contributed by atoms with Crippen molar-refractivity contribution in [2.75, 3.05) is 19.8 Å². The van der Waals surface area contributed by atoms with Crippen LogP contribution in [-0.4, -0.2) is 83.5 Å². The van der Waals surface area contributed by atoms with Crippen molar-refractivity contribution >= 4 is 40.6 Å². The Balaban J connectivity index is 1.34. The second-order valence-corrected chi connectivity index (χ2v) is 11.9. The smallest absolute Gasteiger partial charge is 0.311 e. The van der Waals surface area contributed by atoms with Gasteiger partial charge in [0.15, 0.2) is 0 Å². The minimum Gasteiger partial charge on any atom is -0.461 e. The van der Waals surface area contributed by atoms with E-state index in [4.69, 9.17) is 4.74 Å². The molecule has 1 spiro atoms. The standard InChI is InChI=1S/C29H27N5O5S/c35-16-21(18-8-2-1-3-9-18)34-25-27(37)32(17-33-20-11-5-4-10-19(20)30-31-33)14-7-13-29(25)24(26(34)36)23-22(40-29)12-6-15-39-28(23)38/h1-13,21-25,35H,14-17H2/t21-,22+,23-,24+,25?,29+/m1/s1. The Kier molecular flexibility index (Phi) is 6.01. The molecule has 3 aromatic rings. The fourth-order valence-electron chi connectivity index (χ4n) is 6.63. The number of benzene rings is 2. The second kappa shape index (κ2) is 9.60. The maximum absolute atomic E-state index is 14.6. The molecule has 0 bridgehead atoms. The first-order valence-electron chi connectivity index (χ1n) is 13.3. The van der Waals surface area contributed by atoms with Crippen molar-refractivity contribution in [1.82, 2.24) is 24.8 Å². The molecule has 204 valence electrons. The highest BCUT2D eigenvalue weighted by molar-refractivity contribution is 8.02. The number of fused-ring (bicyclic) bond motifs is 3. The number of nitrogens with zero attached hydrogens (tertiary/aromatic N) is 5. The van der Waals surface area contributed by atoms with Gasteiger partial charge in [-0.2, -0.15) is 0 Å². The number of hydrogen-bond donors (Lipinski definition) is 1. The summed E-state index contributed by atoms with van der Waals surface area (Å²) in [6.45, 7) is 0.219. The molecule has 2 amide bonds. The number of hydrogen-bond acceptors (Lipinski definition) is 8. The lowest BCUT2D eigenvalue weighted by Gasteiger charge is -2.38. The highest BCUT2D eigenvalue weighted by Crippen LogP contribution is 2.62. The van der Waals surface area contributed by atoms with Crippen LogP contribution in [0.4, 0.5) is 0 Å². The Bertz CT molecular complexity index is 1560. The highest BCUT2D eigenvalue weighted by Gasteiger charge is 2.72. The fourth-order valence-corrected chi connectivity index (χ4v) is 8.62. The minimum absolute atomic E-state index is 0.136. The molecule has 40 heavy (non-hydrogen) atoms. The Hall–Kier alpha value is -3.96. The zero-order valence-corrected chi connectivity index (χ0v) is 22.3. The Morgan fingerprint density at radius 1 is 1.05 bits per heavy atom. The van der Waals surface area contributed by atoms with Crippen molar-refractivity contribution < 1.29 is 24.2 Å². The maximum Gasteiger partial charge on any atom is 0.311 e. The van der Waals surface area contributed by atoms with E-state index in [0.29, 0.717) is 12.1 Å². The molecule has 2 aromatic carbocycles. The number of cyclic esters (lactones) is 1. The zero-order valence-electron chi connectivity index (χ0n) is 21.4. The van der Waals surface area contributed by atoms with Gasteiger partial charge in [-0.25, -0.2) is 4.68 Å². The van der Waals surface area contributed by atoms with Crippen LogP contribution in [-0.2, 0) is 25.8 Å². The third-order valence-corrected chi connectivity index (χ3v) is 10.1. The second-order valence-electron chi connectivity index (χ2n) is 10.4. The molecule has 4 aliphatic rings. The van der Waals surface area contributed by atoms with Crippen LogP contribution >= 0.6 is 11.8 Å². The number of rotatable bonds is 5. The maximum atomic E-state index is 14.6. The van der Waals surface area contributed by atoms with Gasteiger partial charge in [-0.3, -0.25) is 14.4 Å². The van der Waals surface area contributed by atoms with E-state index in [0.717, 1.165) is 11.0 Å². The monoisotopic (exact) mass is 557 g/mol. The number of esters is 1. The largest absolute Gasteiger partial charge is 0.461 e. The predicted octanol–water partition coefficient (Wildman–Crippen LogP) is 1.93. The van der Waals surface area contributed by atoms with E-state index in [1.807, 2.05) is 72.8 Å². The zero-order chi connectivity index (χ0) is 27.4. The number of amides is 2. The number of carbonyl (C=O) groups excluding carboxylic acids is 3. The van der Waals surface area contributed by atoms with Crippen LogP contribution in [0.5, 0.6) is 0 Å². The SMILES string of the molecule is O=C1OCC=C[C@@H]2S[C@]34C=CCN(Cn5nnc6ccccc65)C(=O)C3N([C@H](CO)c3ccccc3)C(=O)[C@@H]4[C@H]12. The molecule has 1 N–H and O–H groups in total. The fraction of sp³-hybridized carbons (Fsp3) is 0.345. The molecule has 11 heteroatoms. The van der Waals surface area contributed by atoms with Crippen LogP contribution in [0.15, 0.2) is 78.9 Å². The number of likely N-dealkylation sites (tertiary alicyclic amines) is 1. The van der Waals surface area contributed by atoms with Crippen LogP contribution in [0, 0.1) is 11.8 Å². The van der Waals surface area contributed by atoms with Gasteiger partial charge in [0.1, 0.15) is 24.8 Å². The van der Waals surface area contributed by atoms with Crippen molar-refractivity contribution in [2.45, 2.75) is 28.7 Å². The molecule has 4 aliphatic heterocycles. The van der Waals surface area contributed by atoms with Gasteiger partial charge < -0.3 is 19.6 Å². The molecular formula is C29H27N5O5S. The molecule has 1 unspecified atom stereocenters. The van der Waals surface area contributed by atoms with E-state index < -0.39 is 34.6 Å². The van der Waals surface area contributed by atoms with E-state index in [2.05, 4.69) is 10.3 Å². The van der Waals surface area contributed by atoms with Crippen molar-refractivity contribution in [3.8, 4) is 0 Å². The average Bonchev–Trinajstić information content (AvgIpc) is 3.52. The number of thioether (sulfide) groups is 1. The number of aliphatic hydroxyl groups is 1. The van der Waals surface area contributed by atoms with Crippen LogP contribution in [0.1, 0.15) is 11.6 Å². The summed E-state index contributed by atoms with van der Waals surface area (Å²) < 4.78 is 6.11. The number of aromatic nitrogens is 3. The molecular weight excluding hydrogens is 530 g/mol. The first-order valence-corrected chi connectivity index (χ1v) is 14.2. The van der Waals surface area contributed by atoms with E-state index in [9.17, 15) is 19.5 Å². The molecule has 0 aliphatic carbocycles. The van der Waals surface area contributed by atoms with Crippen molar-refractivity contribution in [3.05, 3.63) is 84.5 Å². The van der Waals surface area contributed by atoms with Crippen molar-refractivity contribution in [3.63, 3.8) is 0 Å². The highest BCUT2D eigenvalue weighted by atomic mass is 32.2. The third kappa shape index (κ3) is 3.64. The van der Waals surface area contributed by atoms with Gasteiger partial charge in [0.05, 0.1) is 34.7 Å². The summed E-state index contributed by atoms with van der Waals surface area (Å²) >= 11 is 1.47. The lowest BCUT2D eigenvalue weighted by atomic mass is 9.78. The quantitative estimate of drug-likeness (QED) is 0.374. The summed E-state index contributed by atoms with van der Waals surface area (Å²) in [6.07, 6.45) is 7.57. The van der Waals surface area contributed by atoms with Gasteiger partial charge in [-0.15, -0.1) is 16.9 Å². The molecule has 2 saturated heterocycles. The van der Waals surface area contributed by atoms with Gasteiger partial charge in [0, 0.05) is 11.8 Å². The lowest BCUT2D eigenvalue weighted by molar-refractivity contribution is -0.152. The third-order valence-electron chi connectivity index (χ3n) is 8.35. The molecule has 0 radical (unpaired) electrons. The van der Waals surface area contributed by atoms with E-state index in [1.54, 1.807) is 15.7 Å². The van der Waals surface area contributed by atoms with E-state index >= 15 is 0 Å². The van der Waals surface area contributed by atoms with Crippen molar-refractivity contribution in [1.29, 1.82) is 0 Å². The summed E-state index contributed by atoms with van der Waals surface area (Å²) in [6, 6.07) is 15.0. The van der Waals surface area contributed by atoms with Crippen LogP contribution in [0.3, 0.4) is 0 Å². The molecule has 10 nitrogen and oxygen atoms in total. The Morgan fingerprint density at radius 3 is 2.67 bits per heavy atom. The van der Waals surface area contributed by atoms with Crippen LogP contribution < -0.4 is 0 Å². The van der Waals surface area contributed by atoms with Gasteiger partial charge in [-0.05, 0) is 17.7 Å². The van der Waals surface area contributed by atoms with Crippen LogP contribution in [0.25, 0.3) is 11.0 Å². The number of carbonyl (C=O) groups is 3. The van der Waals surface area contributed by atoms with E-state index in [1.165, 1.54) is 16.7 Å². The predicted molar refractivity (Wildman–Crippen MR) is 146 cm³/mol. The molecule has 7 rings (SSSR count). The molecule has 1 aromatic heterocycles. The summed E-state index contributed by atoms with van der Waals surface area (Å²) in [5, 5.41) is 18.8. The number of aliphatic hydroxyl groups excluding tert-OH is 1. The summed E-state index contributed by atoms with van der Waals surface area (Å²) in [5.41, 5.74) is 2.22. The minimum atomic E-state index is -1.01. The number of ether oxygens (including phenoxy) is 1. The van der Waals surface area contributed by atoms with Gasteiger partial charge in [0.25, 0.3) is 0 Å². The molecule has 2 fully saturated rings. The van der Waals surface area contributed by atoms with Crippen LogP contribution in [0.2, 0.25) is 0 Å². The van der Waals surface area contributed by atoms with Gasteiger partial charge in [0.2, 0.25) is 11.8 Å². The first-order chi connectivity index (χ1) is 19.5. The number of para-hydroxylation sites is 1. The topological polar surface area (TPSA) is 118 Å². The molecule has 5 heterocycles.